The van der Waals surface area contributed by atoms with Crippen LogP contribution in [0.4, 0.5) is 0 Å². The van der Waals surface area contributed by atoms with E-state index in [2.05, 4.69) is 25.7 Å². The minimum absolute atomic E-state index is 0.427. The first-order chi connectivity index (χ1) is 7.97. The molecule has 0 N–H and O–H groups in total. The molecule has 2 aliphatic rings. The molecule has 0 amide bonds. The van der Waals surface area contributed by atoms with Gasteiger partial charge in [0.15, 0.2) is 0 Å². The predicted molar refractivity (Wildman–Crippen MR) is 71.0 cm³/mol. The number of ketones is 1. The molecule has 2 heteroatoms. The fourth-order valence-corrected chi connectivity index (χ4v) is 2.93. The average molecular weight is 237 g/mol. The molecule has 1 unspecified atom stereocenters. The summed E-state index contributed by atoms with van der Waals surface area (Å²) in [6, 6.07) is 0. The molecular formula is C15H27NO. The molecule has 1 saturated carbocycles. The van der Waals surface area contributed by atoms with Crippen molar-refractivity contribution in [3.63, 3.8) is 0 Å². The number of carbonyl (C=O) groups excluding carboxylic acids is 1. The van der Waals surface area contributed by atoms with Crippen molar-refractivity contribution in [1.82, 2.24) is 4.90 Å². The van der Waals surface area contributed by atoms with Crippen molar-refractivity contribution >= 4 is 5.78 Å². The topological polar surface area (TPSA) is 20.3 Å². The number of nitrogens with zero attached hydrogens (tertiary/aromatic N) is 1. The maximum Gasteiger partial charge on any atom is 0.149 e. The van der Waals surface area contributed by atoms with Crippen molar-refractivity contribution < 1.29 is 4.79 Å². The highest BCUT2D eigenvalue weighted by molar-refractivity contribution is 5.84. The summed E-state index contributed by atoms with van der Waals surface area (Å²) in [6.07, 6.45) is 6.16. The van der Waals surface area contributed by atoms with E-state index in [1.807, 2.05) is 0 Å². The van der Waals surface area contributed by atoms with E-state index >= 15 is 0 Å². The van der Waals surface area contributed by atoms with Gasteiger partial charge in [0.2, 0.25) is 0 Å². The first-order valence-corrected chi connectivity index (χ1v) is 7.22. The van der Waals surface area contributed by atoms with Gasteiger partial charge in [0.25, 0.3) is 0 Å². The number of carbonyl (C=O) groups is 1. The maximum absolute atomic E-state index is 11.8. The van der Waals surface area contributed by atoms with E-state index in [0.717, 1.165) is 38.4 Å². The Bertz CT molecular complexity index is 275. The van der Waals surface area contributed by atoms with Gasteiger partial charge in [0, 0.05) is 5.92 Å². The summed E-state index contributed by atoms with van der Waals surface area (Å²) in [5.74, 6) is 1.75. The number of hydrogen-bond acceptors (Lipinski definition) is 2. The number of likely N-dealkylation sites (tertiary alicyclic amines) is 1. The molecule has 1 saturated heterocycles. The molecule has 0 radical (unpaired) electrons. The third kappa shape index (κ3) is 3.80. The van der Waals surface area contributed by atoms with E-state index in [4.69, 9.17) is 0 Å². The molecule has 2 fully saturated rings. The molecule has 2 nitrogen and oxygen atoms in total. The van der Waals surface area contributed by atoms with Crippen LogP contribution >= 0.6 is 0 Å². The molecule has 0 aromatic carbocycles. The van der Waals surface area contributed by atoms with Crippen LogP contribution in [0.5, 0.6) is 0 Å². The molecule has 0 bridgehead atoms. The molecule has 98 valence electrons. The lowest BCUT2D eigenvalue weighted by atomic mass is 9.77. The molecular weight excluding hydrogens is 210 g/mol. The summed E-state index contributed by atoms with van der Waals surface area (Å²) in [5, 5.41) is 0. The SMILES string of the molecule is CC(C)(C)C1CCCN(CC(=O)C2CC2)CC1. The lowest BCUT2D eigenvalue weighted by Gasteiger charge is -2.29. The third-order valence-corrected chi connectivity index (χ3v) is 4.46. The predicted octanol–water partition coefficient (Wildman–Crippen LogP) is 3.11. The monoisotopic (exact) mass is 237 g/mol. The standard InChI is InChI=1S/C15H27NO/c1-15(2,3)13-5-4-9-16(10-8-13)11-14(17)12-6-7-12/h12-13H,4-11H2,1-3H3. The molecule has 1 atom stereocenters. The Balaban J connectivity index is 1.80. The van der Waals surface area contributed by atoms with Crippen molar-refractivity contribution in [2.45, 2.75) is 52.9 Å². The summed E-state index contributed by atoms with van der Waals surface area (Å²) in [5.41, 5.74) is 0.427. The van der Waals surface area contributed by atoms with Crippen LogP contribution in [0.15, 0.2) is 0 Å². The fourth-order valence-electron chi connectivity index (χ4n) is 2.93. The second kappa shape index (κ2) is 5.09. The van der Waals surface area contributed by atoms with Gasteiger partial charge in [-0.1, -0.05) is 20.8 Å². The van der Waals surface area contributed by atoms with E-state index < -0.39 is 0 Å². The van der Waals surface area contributed by atoms with Crippen molar-refractivity contribution in [2.75, 3.05) is 19.6 Å². The zero-order chi connectivity index (χ0) is 12.5. The molecule has 0 aromatic heterocycles. The lowest BCUT2D eigenvalue weighted by molar-refractivity contribution is -0.121. The Morgan fingerprint density at radius 2 is 1.82 bits per heavy atom. The number of rotatable bonds is 3. The second-order valence-electron chi connectivity index (χ2n) is 7.01. The van der Waals surface area contributed by atoms with E-state index in [1.165, 1.54) is 19.3 Å². The summed E-state index contributed by atoms with van der Waals surface area (Å²) in [4.78, 5) is 14.2. The zero-order valence-corrected chi connectivity index (χ0v) is 11.7. The second-order valence-corrected chi connectivity index (χ2v) is 7.01. The van der Waals surface area contributed by atoms with Crippen LogP contribution in [0.25, 0.3) is 0 Å². The van der Waals surface area contributed by atoms with Gasteiger partial charge in [0.05, 0.1) is 6.54 Å². The highest BCUT2D eigenvalue weighted by atomic mass is 16.1. The maximum atomic E-state index is 11.8. The van der Waals surface area contributed by atoms with Crippen molar-refractivity contribution in [3.8, 4) is 0 Å². The minimum atomic E-state index is 0.427. The first-order valence-electron chi connectivity index (χ1n) is 7.22. The van der Waals surface area contributed by atoms with Gasteiger partial charge >= 0.3 is 0 Å². The Labute approximate surface area is 106 Å². The fraction of sp³-hybridized carbons (Fsp3) is 0.933. The lowest BCUT2D eigenvalue weighted by Crippen LogP contribution is -2.32. The van der Waals surface area contributed by atoms with Crippen molar-refractivity contribution in [1.29, 1.82) is 0 Å². The molecule has 1 aliphatic carbocycles. The smallest absolute Gasteiger partial charge is 0.149 e. The largest absolute Gasteiger partial charge is 0.298 e. The van der Waals surface area contributed by atoms with Crippen LogP contribution in [-0.4, -0.2) is 30.3 Å². The summed E-state index contributed by atoms with van der Waals surface area (Å²) < 4.78 is 0. The van der Waals surface area contributed by atoms with E-state index in [9.17, 15) is 4.79 Å². The van der Waals surface area contributed by atoms with Gasteiger partial charge in [-0.3, -0.25) is 9.69 Å². The van der Waals surface area contributed by atoms with E-state index in [0.29, 0.717) is 17.1 Å². The van der Waals surface area contributed by atoms with Crippen LogP contribution in [0.1, 0.15) is 52.9 Å². The molecule has 1 heterocycles. The van der Waals surface area contributed by atoms with Gasteiger partial charge in [-0.2, -0.15) is 0 Å². The van der Waals surface area contributed by atoms with E-state index in [1.54, 1.807) is 0 Å². The van der Waals surface area contributed by atoms with Crippen LogP contribution in [0, 0.1) is 17.3 Å². The Kier molecular flexibility index (Phi) is 3.92. The Morgan fingerprint density at radius 3 is 2.41 bits per heavy atom. The minimum Gasteiger partial charge on any atom is -0.298 e. The average Bonchev–Trinajstić information content (AvgIpc) is 3.03. The first kappa shape index (κ1) is 13.1. The molecule has 2 rings (SSSR count). The van der Waals surface area contributed by atoms with Crippen LogP contribution < -0.4 is 0 Å². The van der Waals surface area contributed by atoms with Crippen LogP contribution in [0.2, 0.25) is 0 Å². The Hall–Kier alpha value is -0.370. The molecule has 1 aliphatic heterocycles. The quantitative estimate of drug-likeness (QED) is 0.751. The summed E-state index contributed by atoms with van der Waals surface area (Å²) in [6.45, 7) is 10.0. The van der Waals surface area contributed by atoms with Gasteiger partial charge < -0.3 is 0 Å². The third-order valence-electron chi connectivity index (χ3n) is 4.46. The normalized spacial score (nSPS) is 27.8. The van der Waals surface area contributed by atoms with Crippen molar-refractivity contribution in [2.24, 2.45) is 17.3 Å². The van der Waals surface area contributed by atoms with Gasteiger partial charge in [-0.25, -0.2) is 0 Å². The highest BCUT2D eigenvalue weighted by Crippen LogP contribution is 2.35. The summed E-state index contributed by atoms with van der Waals surface area (Å²) >= 11 is 0. The molecule has 17 heavy (non-hydrogen) atoms. The van der Waals surface area contributed by atoms with E-state index in [-0.39, 0.29) is 0 Å². The Morgan fingerprint density at radius 1 is 1.12 bits per heavy atom. The highest BCUT2D eigenvalue weighted by Gasteiger charge is 2.32. The zero-order valence-electron chi connectivity index (χ0n) is 11.7. The number of hydrogen-bond donors (Lipinski definition) is 0. The van der Waals surface area contributed by atoms with Crippen LogP contribution in [-0.2, 0) is 4.79 Å². The van der Waals surface area contributed by atoms with Gasteiger partial charge in [-0.05, 0) is 56.5 Å². The van der Waals surface area contributed by atoms with Crippen molar-refractivity contribution in [3.05, 3.63) is 0 Å². The molecule has 0 spiro atoms. The van der Waals surface area contributed by atoms with Crippen LogP contribution in [0.3, 0.4) is 0 Å². The number of Topliss-reactive ketones (excluding diaryl/α,β-unsaturated/α-hetero) is 1. The van der Waals surface area contributed by atoms with Gasteiger partial charge in [0.1, 0.15) is 5.78 Å². The van der Waals surface area contributed by atoms with Gasteiger partial charge in [-0.15, -0.1) is 0 Å². The summed E-state index contributed by atoms with van der Waals surface area (Å²) in [7, 11) is 0. The molecule has 0 aromatic rings.